The normalized spacial score (nSPS) is 11.2. The molecule has 2 rings (SSSR count). The van der Waals surface area contributed by atoms with Crippen molar-refractivity contribution >= 4 is 22.6 Å². The van der Waals surface area contributed by atoms with Crippen LogP contribution in [-0.4, -0.2) is 16.7 Å². The molecule has 0 aliphatic rings. The molecule has 0 radical (unpaired) electrons. The molecule has 4 heteroatoms. The summed E-state index contributed by atoms with van der Waals surface area (Å²) in [4.78, 5) is 27.1. The average molecular weight is 286 g/mol. The Balaban J connectivity index is 2.57. The number of nitrogens with one attached hydrogen (secondary N) is 1. The van der Waals surface area contributed by atoms with Gasteiger partial charge in [-0.05, 0) is 24.5 Å². The third-order valence-corrected chi connectivity index (χ3v) is 3.53. The van der Waals surface area contributed by atoms with Gasteiger partial charge in [0.2, 0.25) is 5.91 Å². The highest BCUT2D eigenvalue weighted by atomic mass is 16.1. The lowest BCUT2D eigenvalue weighted by Crippen LogP contribution is -2.10. The monoisotopic (exact) mass is 286 g/mol. The molecule has 3 N–H and O–H groups in total. The Morgan fingerprint density at radius 2 is 2.00 bits per heavy atom. The van der Waals surface area contributed by atoms with Crippen molar-refractivity contribution in [1.82, 2.24) is 4.98 Å². The SMILES string of the molecule is CCCc1[nH]c2cc(C(N)=O)ccc2c1C(=O)CC(C)C. The van der Waals surface area contributed by atoms with Gasteiger partial charge in [0.1, 0.15) is 0 Å². The van der Waals surface area contributed by atoms with Crippen LogP contribution in [0.15, 0.2) is 18.2 Å². The quantitative estimate of drug-likeness (QED) is 0.798. The molecule has 0 aliphatic heterocycles. The van der Waals surface area contributed by atoms with Crippen molar-refractivity contribution in [3.63, 3.8) is 0 Å². The van der Waals surface area contributed by atoms with Crippen molar-refractivity contribution in [1.29, 1.82) is 0 Å². The van der Waals surface area contributed by atoms with E-state index in [2.05, 4.69) is 11.9 Å². The summed E-state index contributed by atoms with van der Waals surface area (Å²) in [5.74, 6) is 0.0203. The Morgan fingerprint density at radius 3 is 2.57 bits per heavy atom. The van der Waals surface area contributed by atoms with E-state index in [1.165, 1.54) is 0 Å². The van der Waals surface area contributed by atoms with E-state index in [1.54, 1.807) is 12.1 Å². The highest BCUT2D eigenvalue weighted by Gasteiger charge is 2.19. The average Bonchev–Trinajstić information content (AvgIpc) is 2.75. The van der Waals surface area contributed by atoms with Crippen molar-refractivity contribution in [3.05, 3.63) is 35.0 Å². The molecule has 1 aromatic heterocycles. The predicted molar refractivity (Wildman–Crippen MR) is 84.6 cm³/mol. The molecule has 2 aromatic rings. The Labute approximate surface area is 124 Å². The van der Waals surface area contributed by atoms with Gasteiger partial charge in [0, 0.05) is 34.1 Å². The van der Waals surface area contributed by atoms with Crippen LogP contribution in [0.4, 0.5) is 0 Å². The van der Waals surface area contributed by atoms with Crippen LogP contribution in [0.3, 0.4) is 0 Å². The molecule has 0 bridgehead atoms. The summed E-state index contributed by atoms with van der Waals surface area (Å²) in [7, 11) is 0. The fraction of sp³-hybridized carbons (Fsp3) is 0.412. The number of fused-ring (bicyclic) bond motifs is 1. The predicted octanol–water partition coefficient (Wildman–Crippen LogP) is 3.45. The molecule has 4 nitrogen and oxygen atoms in total. The highest BCUT2D eigenvalue weighted by molar-refractivity contribution is 6.10. The number of carbonyl (C=O) groups excluding carboxylic acids is 2. The molecule has 112 valence electrons. The maximum absolute atomic E-state index is 12.5. The Hall–Kier alpha value is -2.10. The third kappa shape index (κ3) is 3.15. The van der Waals surface area contributed by atoms with E-state index < -0.39 is 5.91 Å². The molecule has 21 heavy (non-hydrogen) atoms. The van der Waals surface area contributed by atoms with Gasteiger partial charge in [0.05, 0.1) is 0 Å². The first-order valence-electron chi connectivity index (χ1n) is 7.41. The van der Waals surface area contributed by atoms with Crippen LogP contribution in [0.1, 0.15) is 60.0 Å². The summed E-state index contributed by atoms with van der Waals surface area (Å²) in [5, 5.41) is 0.883. The van der Waals surface area contributed by atoms with Gasteiger partial charge < -0.3 is 10.7 Å². The number of ketones is 1. The van der Waals surface area contributed by atoms with Crippen LogP contribution >= 0.6 is 0 Å². The molecule has 0 spiro atoms. The summed E-state index contributed by atoms with van der Waals surface area (Å²) in [6.07, 6.45) is 2.30. The number of primary amides is 1. The largest absolute Gasteiger partial charge is 0.366 e. The molecule has 1 aromatic carbocycles. The van der Waals surface area contributed by atoms with E-state index in [9.17, 15) is 9.59 Å². The second-order valence-corrected chi connectivity index (χ2v) is 5.87. The summed E-state index contributed by atoms with van der Waals surface area (Å²) in [6, 6.07) is 5.22. The van der Waals surface area contributed by atoms with Gasteiger partial charge in [0.15, 0.2) is 5.78 Å². The molecule has 1 heterocycles. The molecule has 0 aliphatic carbocycles. The number of H-pyrrole nitrogens is 1. The fourth-order valence-electron chi connectivity index (χ4n) is 2.64. The zero-order valence-corrected chi connectivity index (χ0v) is 12.8. The number of aromatic amines is 1. The zero-order chi connectivity index (χ0) is 15.6. The Kier molecular flexibility index (Phi) is 4.46. The van der Waals surface area contributed by atoms with E-state index in [4.69, 9.17) is 5.73 Å². The molecular weight excluding hydrogens is 264 g/mol. The maximum atomic E-state index is 12.5. The lowest BCUT2D eigenvalue weighted by Gasteiger charge is -2.06. The molecule has 0 saturated heterocycles. The van der Waals surface area contributed by atoms with Crippen molar-refractivity contribution in [2.75, 3.05) is 0 Å². The van der Waals surface area contributed by atoms with Crippen molar-refractivity contribution in [3.8, 4) is 0 Å². The van der Waals surface area contributed by atoms with Gasteiger partial charge in [-0.15, -0.1) is 0 Å². The van der Waals surface area contributed by atoms with Gasteiger partial charge in [-0.25, -0.2) is 0 Å². The van der Waals surface area contributed by atoms with E-state index >= 15 is 0 Å². The maximum Gasteiger partial charge on any atom is 0.248 e. The number of hydrogen-bond donors (Lipinski definition) is 2. The fourth-order valence-corrected chi connectivity index (χ4v) is 2.64. The van der Waals surface area contributed by atoms with Crippen LogP contribution in [0, 0.1) is 5.92 Å². The topological polar surface area (TPSA) is 76.0 Å². The second-order valence-electron chi connectivity index (χ2n) is 5.87. The molecule has 0 atom stereocenters. The summed E-state index contributed by atoms with van der Waals surface area (Å²) >= 11 is 0. The number of carbonyl (C=O) groups is 2. The van der Waals surface area contributed by atoms with Gasteiger partial charge in [-0.2, -0.15) is 0 Å². The van der Waals surface area contributed by atoms with Crippen LogP contribution in [0.25, 0.3) is 10.9 Å². The van der Waals surface area contributed by atoms with Gasteiger partial charge >= 0.3 is 0 Å². The smallest absolute Gasteiger partial charge is 0.248 e. The number of rotatable bonds is 6. The first kappa shape index (κ1) is 15.3. The minimum Gasteiger partial charge on any atom is -0.366 e. The van der Waals surface area contributed by atoms with Gasteiger partial charge in [-0.3, -0.25) is 9.59 Å². The van der Waals surface area contributed by atoms with Crippen molar-refractivity contribution in [2.24, 2.45) is 11.7 Å². The van der Waals surface area contributed by atoms with Gasteiger partial charge in [-0.1, -0.05) is 33.3 Å². The third-order valence-electron chi connectivity index (χ3n) is 3.53. The number of nitrogens with two attached hydrogens (primary N) is 1. The lowest BCUT2D eigenvalue weighted by molar-refractivity contribution is 0.0966. The number of hydrogen-bond acceptors (Lipinski definition) is 2. The van der Waals surface area contributed by atoms with Crippen LogP contribution in [-0.2, 0) is 6.42 Å². The molecule has 0 fully saturated rings. The van der Waals surface area contributed by atoms with E-state index in [1.807, 2.05) is 19.9 Å². The summed E-state index contributed by atoms with van der Waals surface area (Å²) in [6.45, 7) is 6.16. The number of aryl methyl sites for hydroxylation is 1. The number of benzene rings is 1. The van der Waals surface area contributed by atoms with Crippen LogP contribution in [0.5, 0.6) is 0 Å². The van der Waals surface area contributed by atoms with Crippen LogP contribution in [0.2, 0.25) is 0 Å². The van der Waals surface area contributed by atoms with Gasteiger partial charge in [0.25, 0.3) is 0 Å². The lowest BCUT2D eigenvalue weighted by atomic mass is 9.97. The minimum atomic E-state index is -0.460. The van der Waals surface area contributed by atoms with Crippen LogP contribution < -0.4 is 5.73 Å². The number of aromatic nitrogens is 1. The molecule has 1 amide bonds. The van der Waals surface area contributed by atoms with E-state index in [0.717, 1.165) is 35.0 Å². The summed E-state index contributed by atoms with van der Waals surface area (Å²) in [5.41, 5.74) is 8.31. The molecule has 0 unspecified atom stereocenters. The van der Waals surface area contributed by atoms with Crippen molar-refractivity contribution < 1.29 is 9.59 Å². The summed E-state index contributed by atoms with van der Waals surface area (Å²) < 4.78 is 0. The molecule has 0 saturated carbocycles. The Morgan fingerprint density at radius 1 is 1.29 bits per heavy atom. The minimum absolute atomic E-state index is 0.159. The molecular formula is C17H22N2O2. The number of Topliss-reactive ketones (excluding diaryl/α,β-unsaturated/α-hetero) is 1. The zero-order valence-electron chi connectivity index (χ0n) is 12.8. The highest BCUT2D eigenvalue weighted by Crippen LogP contribution is 2.27. The Bertz CT molecular complexity index is 683. The van der Waals surface area contributed by atoms with Crippen molar-refractivity contribution in [2.45, 2.75) is 40.0 Å². The van der Waals surface area contributed by atoms with E-state index in [0.29, 0.717) is 17.9 Å². The van der Waals surface area contributed by atoms with E-state index in [-0.39, 0.29) is 5.78 Å². The first-order chi connectivity index (χ1) is 9.93. The standard InChI is InChI=1S/C17H22N2O2/c1-4-5-13-16(15(20)8-10(2)3)12-7-6-11(17(18)21)9-14(12)19-13/h6-7,9-10,19H,4-5,8H2,1-3H3,(H2,18,21). The number of amides is 1. The second kappa shape index (κ2) is 6.12. The first-order valence-corrected chi connectivity index (χ1v) is 7.41.